The second-order valence-corrected chi connectivity index (χ2v) is 5.96. The van der Waals surface area contributed by atoms with Gasteiger partial charge in [-0.2, -0.15) is 5.10 Å². The fourth-order valence-electron chi connectivity index (χ4n) is 2.39. The molecule has 0 aliphatic heterocycles. The SMILES string of the molecule is Cn1ncc(Nc2ccnc(-c3nccs3)n2)c1C1CC1. The third kappa shape index (κ3) is 2.40. The van der Waals surface area contributed by atoms with Gasteiger partial charge in [-0.1, -0.05) is 0 Å². The summed E-state index contributed by atoms with van der Waals surface area (Å²) in [6.45, 7) is 0. The van der Waals surface area contributed by atoms with Gasteiger partial charge in [-0.15, -0.1) is 11.3 Å². The predicted molar refractivity (Wildman–Crippen MR) is 81.6 cm³/mol. The number of aromatic nitrogens is 5. The third-order valence-electron chi connectivity index (χ3n) is 3.49. The maximum atomic E-state index is 4.53. The standard InChI is InChI=1S/C14H14N6S/c1-20-12(9-2-3-9)10(8-17-20)18-11-4-5-15-13(19-11)14-16-6-7-21-14/h4-9H,2-3H2,1H3,(H,15,18,19). The van der Waals surface area contributed by atoms with Crippen molar-refractivity contribution in [2.45, 2.75) is 18.8 Å². The Bertz CT molecular complexity index is 760. The Kier molecular flexibility index (Phi) is 2.92. The number of hydrogen-bond acceptors (Lipinski definition) is 6. The molecule has 1 aliphatic rings. The molecule has 0 atom stereocenters. The van der Waals surface area contributed by atoms with Crippen molar-refractivity contribution in [2.75, 3.05) is 5.32 Å². The fourth-order valence-corrected chi connectivity index (χ4v) is 2.96. The fraction of sp³-hybridized carbons (Fsp3) is 0.286. The van der Waals surface area contributed by atoms with Crippen LogP contribution in [-0.2, 0) is 7.05 Å². The van der Waals surface area contributed by atoms with Gasteiger partial charge in [0, 0.05) is 30.7 Å². The van der Waals surface area contributed by atoms with Crippen molar-refractivity contribution in [1.29, 1.82) is 0 Å². The van der Waals surface area contributed by atoms with Gasteiger partial charge in [0.1, 0.15) is 5.82 Å². The van der Waals surface area contributed by atoms with Gasteiger partial charge in [-0.3, -0.25) is 4.68 Å². The Morgan fingerprint density at radius 2 is 2.19 bits per heavy atom. The van der Waals surface area contributed by atoms with E-state index in [0.29, 0.717) is 11.7 Å². The van der Waals surface area contributed by atoms with Crippen LogP contribution in [0.1, 0.15) is 24.5 Å². The summed E-state index contributed by atoms with van der Waals surface area (Å²) in [4.78, 5) is 13.0. The summed E-state index contributed by atoms with van der Waals surface area (Å²) >= 11 is 1.53. The molecule has 3 aromatic rings. The Hall–Kier alpha value is -2.28. The van der Waals surface area contributed by atoms with E-state index in [1.54, 1.807) is 12.4 Å². The van der Waals surface area contributed by atoms with Gasteiger partial charge in [0.05, 0.1) is 17.6 Å². The molecule has 21 heavy (non-hydrogen) atoms. The van der Waals surface area contributed by atoms with Crippen molar-refractivity contribution >= 4 is 22.8 Å². The molecule has 106 valence electrons. The van der Waals surface area contributed by atoms with Crippen LogP contribution in [-0.4, -0.2) is 24.7 Å². The van der Waals surface area contributed by atoms with E-state index in [4.69, 9.17) is 0 Å². The van der Waals surface area contributed by atoms with Crippen LogP contribution in [0.2, 0.25) is 0 Å². The average Bonchev–Trinajstić information content (AvgIpc) is 3.04. The largest absolute Gasteiger partial charge is 0.337 e. The summed E-state index contributed by atoms with van der Waals surface area (Å²) in [6, 6.07) is 1.86. The van der Waals surface area contributed by atoms with Crippen LogP contribution in [0.3, 0.4) is 0 Å². The first-order valence-electron chi connectivity index (χ1n) is 6.83. The number of rotatable bonds is 4. The monoisotopic (exact) mass is 298 g/mol. The second-order valence-electron chi connectivity index (χ2n) is 5.07. The summed E-state index contributed by atoms with van der Waals surface area (Å²) in [7, 11) is 1.99. The highest BCUT2D eigenvalue weighted by Gasteiger charge is 2.29. The zero-order chi connectivity index (χ0) is 14.2. The molecule has 4 rings (SSSR count). The zero-order valence-corrected chi connectivity index (χ0v) is 12.3. The molecule has 0 saturated heterocycles. The molecule has 0 amide bonds. The van der Waals surface area contributed by atoms with E-state index in [0.717, 1.165) is 16.5 Å². The van der Waals surface area contributed by atoms with E-state index in [2.05, 4.69) is 25.4 Å². The molecule has 1 saturated carbocycles. The van der Waals surface area contributed by atoms with E-state index in [1.807, 2.05) is 29.4 Å². The molecule has 1 fully saturated rings. The molecule has 1 N–H and O–H groups in total. The predicted octanol–water partition coefficient (Wildman–Crippen LogP) is 2.95. The number of hydrogen-bond donors (Lipinski definition) is 1. The molecule has 0 spiro atoms. The summed E-state index contributed by atoms with van der Waals surface area (Å²) in [5.74, 6) is 2.04. The van der Waals surface area contributed by atoms with Gasteiger partial charge in [0.15, 0.2) is 10.8 Å². The van der Waals surface area contributed by atoms with Crippen LogP contribution >= 0.6 is 11.3 Å². The molecular weight excluding hydrogens is 284 g/mol. The van der Waals surface area contributed by atoms with Crippen LogP contribution in [0.4, 0.5) is 11.5 Å². The second kappa shape index (κ2) is 4.92. The molecule has 3 heterocycles. The molecule has 0 radical (unpaired) electrons. The lowest BCUT2D eigenvalue weighted by Crippen LogP contribution is -2.01. The smallest absolute Gasteiger partial charge is 0.190 e. The minimum atomic E-state index is 0.625. The number of thiazole rings is 1. The molecule has 0 aromatic carbocycles. The molecule has 0 bridgehead atoms. The van der Waals surface area contributed by atoms with E-state index in [9.17, 15) is 0 Å². The molecule has 6 nitrogen and oxygen atoms in total. The van der Waals surface area contributed by atoms with Gasteiger partial charge in [0.25, 0.3) is 0 Å². The quantitative estimate of drug-likeness (QED) is 0.802. The Morgan fingerprint density at radius 3 is 2.95 bits per heavy atom. The normalized spacial score (nSPS) is 14.3. The Balaban J connectivity index is 1.64. The van der Waals surface area contributed by atoms with Crippen molar-refractivity contribution in [3.63, 3.8) is 0 Å². The van der Waals surface area contributed by atoms with Gasteiger partial charge >= 0.3 is 0 Å². The highest BCUT2D eigenvalue weighted by molar-refractivity contribution is 7.12. The highest BCUT2D eigenvalue weighted by Crippen LogP contribution is 2.43. The van der Waals surface area contributed by atoms with Crippen molar-refractivity contribution in [3.8, 4) is 10.8 Å². The van der Waals surface area contributed by atoms with Gasteiger partial charge < -0.3 is 5.32 Å². The van der Waals surface area contributed by atoms with E-state index < -0.39 is 0 Å². The molecule has 0 unspecified atom stereocenters. The lowest BCUT2D eigenvalue weighted by molar-refractivity contribution is 0.714. The molecule has 1 aliphatic carbocycles. The van der Waals surface area contributed by atoms with E-state index >= 15 is 0 Å². The number of anilines is 2. The summed E-state index contributed by atoms with van der Waals surface area (Å²) in [5, 5.41) is 10.5. The third-order valence-corrected chi connectivity index (χ3v) is 4.26. The van der Waals surface area contributed by atoms with Gasteiger partial charge in [-0.05, 0) is 18.9 Å². The average molecular weight is 298 g/mol. The first-order valence-corrected chi connectivity index (χ1v) is 7.71. The Labute approximate surface area is 125 Å². The number of aryl methyl sites for hydroxylation is 1. The van der Waals surface area contributed by atoms with Crippen molar-refractivity contribution in [2.24, 2.45) is 7.05 Å². The van der Waals surface area contributed by atoms with Crippen LogP contribution in [0.15, 0.2) is 30.0 Å². The van der Waals surface area contributed by atoms with Gasteiger partial charge in [0.2, 0.25) is 0 Å². The van der Waals surface area contributed by atoms with Crippen LogP contribution in [0.5, 0.6) is 0 Å². The molecule has 7 heteroatoms. The lowest BCUT2D eigenvalue weighted by Gasteiger charge is -2.07. The highest BCUT2D eigenvalue weighted by atomic mass is 32.1. The number of nitrogens with one attached hydrogen (secondary N) is 1. The van der Waals surface area contributed by atoms with Crippen LogP contribution in [0, 0.1) is 0 Å². The number of nitrogens with zero attached hydrogens (tertiary/aromatic N) is 5. The topological polar surface area (TPSA) is 68.5 Å². The minimum absolute atomic E-state index is 0.625. The van der Waals surface area contributed by atoms with E-state index in [1.165, 1.54) is 29.9 Å². The lowest BCUT2D eigenvalue weighted by atomic mass is 10.2. The first-order chi connectivity index (χ1) is 10.3. The van der Waals surface area contributed by atoms with Crippen molar-refractivity contribution in [3.05, 3.63) is 35.7 Å². The van der Waals surface area contributed by atoms with Gasteiger partial charge in [-0.25, -0.2) is 15.0 Å². The summed E-state index contributed by atoms with van der Waals surface area (Å²) < 4.78 is 1.95. The molecular formula is C14H14N6S. The summed E-state index contributed by atoms with van der Waals surface area (Å²) in [6.07, 6.45) is 7.85. The van der Waals surface area contributed by atoms with E-state index in [-0.39, 0.29) is 0 Å². The first kappa shape index (κ1) is 12.5. The van der Waals surface area contributed by atoms with Crippen molar-refractivity contribution < 1.29 is 0 Å². The maximum absolute atomic E-state index is 4.53. The Morgan fingerprint density at radius 1 is 1.29 bits per heavy atom. The maximum Gasteiger partial charge on any atom is 0.190 e. The minimum Gasteiger partial charge on any atom is -0.337 e. The van der Waals surface area contributed by atoms with Crippen LogP contribution < -0.4 is 5.32 Å². The molecule has 3 aromatic heterocycles. The van der Waals surface area contributed by atoms with Crippen LogP contribution in [0.25, 0.3) is 10.8 Å². The summed E-state index contributed by atoms with van der Waals surface area (Å²) in [5.41, 5.74) is 2.29. The zero-order valence-electron chi connectivity index (χ0n) is 11.5. The van der Waals surface area contributed by atoms with Crippen molar-refractivity contribution in [1.82, 2.24) is 24.7 Å².